The molecular weight excluding hydrogens is 1200 g/mol. The van der Waals surface area contributed by atoms with Crippen LogP contribution >= 0.6 is 11.6 Å². The Labute approximate surface area is 541 Å². The van der Waals surface area contributed by atoms with Crippen LogP contribution in [0.5, 0.6) is 0 Å². The molecule has 1 saturated carbocycles. The summed E-state index contributed by atoms with van der Waals surface area (Å²) in [5.41, 5.74) is -2.54. The van der Waals surface area contributed by atoms with E-state index in [4.69, 9.17) is 11.6 Å². The smallest absolute Gasteiger partial charge is 0.343 e. The van der Waals surface area contributed by atoms with Gasteiger partial charge in [-0.3, -0.25) is 52.7 Å². The van der Waals surface area contributed by atoms with Crippen molar-refractivity contribution in [1.82, 2.24) is 55.1 Å². The number of amides is 11. The number of likely N-dealkylation sites (N-methyl/N-ethyl adjacent to an activating group) is 7. The normalized spacial score (nSPS) is 26.6. The molecule has 2 aliphatic heterocycles. The maximum atomic E-state index is 15.0. The van der Waals surface area contributed by atoms with E-state index in [1.807, 2.05) is 20.8 Å². The van der Waals surface area contributed by atoms with Gasteiger partial charge in [-0.1, -0.05) is 104 Å². The molecule has 1 aromatic carbocycles. The molecule has 0 aromatic heterocycles. The number of aryl methyl sites for hydroxylation is 1. The molecule has 91 heavy (non-hydrogen) atoms. The number of carbonyl (C=O) groups is 11. The molecule has 9 atom stereocenters. The van der Waals surface area contributed by atoms with Crippen LogP contribution in [0.3, 0.4) is 0 Å². The summed E-state index contributed by atoms with van der Waals surface area (Å²) in [6.45, 7) is 16.2. The van der Waals surface area contributed by atoms with Crippen molar-refractivity contribution in [3.05, 3.63) is 47.0 Å². The van der Waals surface area contributed by atoms with Gasteiger partial charge in [0.2, 0.25) is 65.0 Å². The second kappa shape index (κ2) is 33.7. The van der Waals surface area contributed by atoms with E-state index in [2.05, 4.69) is 22.5 Å². The molecule has 0 bridgehead atoms. The van der Waals surface area contributed by atoms with Gasteiger partial charge in [0, 0.05) is 68.3 Å². The van der Waals surface area contributed by atoms with E-state index in [1.165, 1.54) is 92.9 Å². The molecule has 510 valence electrons. The monoisotopic (exact) mass is 1300 g/mol. The Hall–Kier alpha value is -6.79. The maximum absolute atomic E-state index is 15.0. The van der Waals surface area contributed by atoms with Gasteiger partial charge < -0.3 is 55.1 Å². The topological polar surface area (TPSA) is 250 Å². The lowest BCUT2D eigenvalue weighted by molar-refractivity contribution is -0.152. The third-order valence-corrected chi connectivity index (χ3v) is 18.7. The van der Waals surface area contributed by atoms with Gasteiger partial charge in [-0.25, -0.2) is 0 Å². The Morgan fingerprint density at radius 3 is 1.88 bits per heavy atom. The number of halogens is 4. The number of hydrogen-bond acceptors (Lipinski definition) is 11. The highest BCUT2D eigenvalue weighted by Gasteiger charge is 2.46. The van der Waals surface area contributed by atoms with Crippen LogP contribution in [0.1, 0.15) is 150 Å². The van der Waals surface area contributed by atoms with E-state index >= 15 is 0 Å². The number of benzene rings is 1. The molecular formula is C65H101ClF3N11O11. The molecule has 3 fully saturated rings. The first-order valence-electron chi connectivity index (χ1n) is 31.9. The lowest BCUT2D eigenvalue weighted by Crippen LogP contribution is -2.64. The van der Waals surface area contributed by atoms with Gasteiger partial charge in [0.05, 0.1) is 30.2 Å². The fourth-order valence-electron chi connectivity index (χ4n) is 12.4. The van der Waals surface area contributed by atoms with Gasteiger partial charge in [-0.15, -0.1) is 6.58 Å². The molecule has 0 spiro atoms. The van der Waals surface area contributed by atoms with Crippen LogP contribution in [0.25, 0.3) is 0 Å². The molecule has 0 radical (unpaired) electrons. The van der Waals surface area contributed by atoms with Crippen LogP contribution in [-0.4, -0.2) is 228 Å². The van der Waals surface area contributed by atoms with E-state index in [0.717, 1.165) is 58.9 Å². The molecule has 3 N–H and O–H groups in total. The Morgan fingerprint density at radius 2 is 1.31 bits per heavy atom. The zero-order valence-corrected chi connectivity index (χ0v) is 56.9. The predicted molar refractivity (Wildman–Crippen MR) is 339 cm³/mol. The average molecular weight is 1310 g/mol. The molecule has 2 saturated heterocycles. The van der Waals surface area contributed by atoms with Gasteiger partial charge in [0.15, 0.2) is 0 Å². The zero-order valence-electron chi connectivity index (χ0n) is 56.2. The molecule has 22 nitrogen and oxygen atoms in total. The van der Waals surface area contributed by atoms with Gasteiger partial charge in [0.1, 0.15) is 41.8 Å². The minimum absolute atomic E-state index is 0.0235. The van der Waals surface area contributed by atoms with Crippen molar-refractivity contribution < 1.29 is 65.9 Å². The number of carbonyl (C=O) groups excluding carboxylic acids is 11. The maximum Gasteiger partial charge on any atom is 0.417 e. The highest BCUT2D eigenvalue weighted by Crippen LogP contribution is 2.36. The molecule has 1 aliphatic carbocycles. The first-order chi connectivity index (χ1) is 42.4. The van der Waals surface area contributed by atoms with Crippen LogP contribution in [0, 0.1) is 23.7 Å². The van der Waals surface area contributed by atoms with Crippen molar-refractivity contribution in [3.8, 4) is 0 Å². The van der Waals surface area contributed by atoms with E-state index in [-0.39, 0.29) is 63.3 Å². The Kier molecular flexibility index (Phi) is 28.4. The Bertz CT molecular complexity index is 2800. The number of alkyl halides is 3. The highest BCUT2D eigenvalue weighted by molar-refractivity contribution is 6.31. The van der Waals surface area contributed by atoms with Gasteiger partial charge in [0.25, 0.3) is 0 Å². The second-order valence-corrected chi connectivity index (χ2v) is 26.9. The Balaban J connectivity index is 1.83. The summed E-state index contributed by atoms with van der Waals surface area (Å²) in [5.74, 6) is -8.16. The van der Waals surface area contributed by atoms with Crippen LogP contribution < -0.4 is 16.0 Å². The average Bonchev–Trinajstić information content (AvgIpc) is 1.97. The minimum Gasteiger partial charge on any atom is -0.343 e. The second-order valence-electron chi connectivity index (χ2n) is 26.5. The van der Waals surface area contributed by atoms with E-state index in [9.17, 15) is 65.9 Å². The Morgan fingerprint density at radius 1 is 0.703 bits per heavy atom. The standard InChI is InChI=1S/C65H101ClF3N11O11/c1-17-30-64(9)63(91)79(16)56(40(5)6)62(90)76(13)42(8)33-52(82)77(14)49(32-39(3)4)57(85)71-55(41(7)18-2)61(89)75(12)37-53(83)73(10)38-54(84)78(15)50(35-43-23-20-19-21-24-43)60(88)74(11)36-51(81)70-47(59(87)80-31-22-25-48(80)58(86)72-64)29-27-44-26-28-45(46(66)34-44)65(67,68)69/h17,26,28,34,39-43,47-50,55-56H,1,18-25,27,29-33,35-38H2,2-16H3,(H,70,81)(H,71,85)(H,72,86)/t41-,42+,47-,48-,49-,50-,55-,56-,64+/m0/s1. The third-order valence-electron chi connectivity index (χ3n) is 18.4. The van der Waals surface area contributed by atoms with E-state index in [0.29, 0.717) is 18.4 Å². The predicted octanol–water partition coefficient (Wildman–Crippen LogP) is 5.53. The van der Waals surface area contributed by atoms with Crippen molar-refractivity contribution in [2.24, 2.45) is 23.7 Å². The van der Waals surface area contributed by atoms with Gasteiger partial charge in [-0.2, -0.15) is 13.2 Å². The lowest BCUT2D eigenvalue weighted by Gasteiger charge is -2.40. The van der Waals surface area contributed by atoms with Gasteiger partial charge in [-0.05, 0) is 100 Å². The van der Waals surface area contributed by atoms with E-state index in [1.54, 1.807) is 27.7 Å². The summed E-state index contributed by atoms with van der Waals surface area (Å²) in [7, 11) is 9.97. The fourth-order valence-corrected chi connectivity index (χ4v) is 12.7. The molecule has 2 heterocycles. The van der Waals surface area contributed by atoms with E-state index < -0.39 is 161 Å². The molecule has 1 aromatic rings. The van der Waals surface area contributed by atoms with Gasteiger partial charge >= 0.3 is 6.18 Å². The molecule has 26 heteroatoms. The zero-order chi connectivity index (χ0) is 68.7. The SMILES string of the molecule is C=CC[C@@]1(C)NC(=O)[C@@H]2CCCN2C(=O)[C@H](CCc2ccc(C(F)(F)F)c(Cl)c2)NC(=O)CN(C)C(=O)[C@H](CC2CCCCC2)N(C)C(=O)CN(C)C(=O)CN(C)C(=O)[C@H]([C@@H](C)CC)NC(=O)[C@H](CC(C)C)N(C)C(=O)C[C@@H](C)N(C)C(=O)[C@H](C(C)C)N(C)C1=O. The molecule has 11 amide bonds. The van der Waals surface area contributed by atoms with Crippen molar-refractivity contribution >= 4 is 76.6 Å². The number of fused-ring (bicyclic) bond motifs is 1. The van der Waals surface area contributed by atoms with Crippen LogP contribution in [0.2, 0.25) is 5.02 Å². The summed E-state index contributed by atoms with van der Waals surface area (Å²) in [4.78, 5) is 170. The van der Waals surface area contributed by atoms with Crippen LogP contribution in [0.4, 0.5) is 13.2 Å². The number of nitrogens with zero attached hydrogens (tertiary/aromatic N) is 8. The van der Waals surface area contributed by atoms with Crippen molar-refractivity contribution in [3.63, 3.8) is 0 Å². The van der Waals surface area contributed by atoms with Crippen LogP contribution in [-0.2, 0) is 65.3 Å². The number of rotatable bonds is 12. The highest BCUT2D eigenvalue weighted by atomic mass is 35.5. The van der Waals surface area contributed by atoms with Crippen LogP contribution in [0.15, 0.2) is 30.9 Å². The summed E-state index contributed by atoms with van der Waals surface area (Å²) in [6, 6.07) is -4.78. The fraction of sp³-hybridized carbons (Fsp3) is 0.708. The summed E-state index contributed by atoms with van der Waals surface area (Å²) >= 11 is 6.10. The van der Waals surface area contributed by atoms with Crippen molar-refractivity contribution in [2.45, 2.75) is 199 Å². The quantitative estimate of drug-likeness (QED) is 0.220. The largest absolute Gasteiger partial charge is 0.417 e. The van der Waals surface area contributed by atoms with Crippen molar-refractivity contribution in [1.29, 1.82) is 0 Å². The first kappa shape index (κ1) is 76.7. The third kappa shape index (κ3) is 20.4. The summed E-state index contributed by atoms with van der Waals surface area (Å²) in [5, 5.41) is 7.88. The summed E-state index contributed by atoms with van der Waals surface area (Å²) < 4.78 is 41.3. The number of nitrogens with one attached hydrogen (secondary N) is 3. The van der Waals surface area contributed by atoms with Crippen molar-refractivity contribution in [2.75, 3.05) is 75.5 Å². The molecule has 0 unspecified atom stereocenters. The summed E-state index contributed by atoms with van der Waals surface area (Å²) in [6.07, 6.45) is 1.64. The first-order valence-corrected chi connectivity index (χ1v) is 32.3. The minimum atomic E-state index is -4.75. The lowest BCUT2D eigenvalue weighted by atomic mass is 9.84. The molecule has 4 rings (SSSR count). The number of hydrogen-bond donors (Lipinski definition) is 3. The molecule has 3 aliphatic rings.